The van der Waals surface area contributed by atoms with Gasteiger partial charge in [-0.15, -0.1) is 0 Å². The first-order valence-corrected chi connectivity index (χ1v) is 20.5. The average molecular weight is 766 g/mol. The number of para-hydroxylation sites is 3. The van der Waals surface area contributed by atoms with Gasteiger partial charge in [0.2, 0.25) is 0 Å². The zero-order valence-corrected chi connectivity index (χ0v) is 32.9. The highest BCUT2D eigenvalue weighted by Gasteiger charge is 2.22. The second kappa shape index (κ2) is 15.1. The SMILES string of the molecule is c1ccc(-c2ccc(N(c3ccc(-c4cccc5c4oc4ccccc45)cc3)c3ccccc3-c3cc4ccccc4cc3-c3ccccc3-c3ccccc3)cc2)cc1. The molecule has 2 heteroatoms. The van der Waals surface area contributed by atoms with Crippen molar-refractivity contribution in [2.75, 3.05) is 4.90 Å². The zero-order chi connectivity index (χ0) is 39.8. The summed E-state index contributed by atoms with van der Waals surface area (Å²) in [5, 5.41) is 4.67. The number of nitrogens with zero attached hydrogens (tertiary/aromatic N) is 1. The van der Waals surface area contributed by atoms with Crippen molar-refractivity contribution in [3.8, 4) is 55.6 Å². The standard InChI is InChI=1S/C58H39NO/c1-3-16-40(17-4-1)41-30-34-46(35-31-41)59(47-36-32-43(33-37-47)49-26-15-27-53-52-25-12-14-29-57(52)60-58(49)53)56-28-13-11-24-51(56)55-39-45-21-8-7-20-44(45)38-54(55)50-23-10-9-22-48(50)42-18-5-2-6-19-42/h1-39H. The molecule has 0 amide bonds. The molecule has 0 saturated carbocycles. The van der Waals surface area contributed by atoms with Gasteiger partial charge in [-0.25, -0.2) is 0 Å². The fraction of sp³-hybridized carbons (Fsp3) is 0. The molecule has 10 aromatic carbocycles. The molecule has 0 aliphatic heterocycles. The Hall–Kier alpha value is -7.94. The van der Waals surface area contributed by atoms with Gasteiger partial charge in [0.15, 0.2) is 0 Å². The Morgan fingerprint density at radius 2 is 0.750 bits per heavy atom. The second-order valence-corrected chi connectivity index (χ2v) is 15.2. The molecule has 0 unspecified atom stereocenters. The molecule has 1 heterocycles. The summed E-state index contributed by atoms with van der Waals surface area (Å²) >= 11 is 0. The molecule has 0 aliphatic carbocycles. The van der Waals surface area contributed by atoms with Crippen LogP contribution in [0, 0.1) is 0 Å². The van der Waals surface area contributed by atoms with Gasteiger partial charge in [-0.05, 0) is 104 Å². The third kappa shape index (κ3) is 6.32. The van der Waals surface area contributed by atoms with E-state index in [0.29, 0.717) is 0 Å². The van der Waals surface area contributed by atoms with Gasteiger partial charge < -0.3 is 9.32 Å². The fourth-order valence-electron chi connectivity index (χ4n) is 8.80. The van der Waals surface area contributed by atoms with E-state index >= 15 is 0 Å². The van der Waals surface area contributed by atoms with Crippen LogP contribution in [0.25, 0.3) is 88.3 Å². The molecular formula is C58H39NO. The Bertz CT molecular complexity index is 3290. The molecule has 0 saturated heterocycles. The van der Waals surface area contributed by atoms with Crippen LogP contribution in [-0.2, 0) is 0 Å². The number of furan rings is 1. The molecule has 0 atom stereocenters. The molecule has 0 spiro atoms. The summed E-state index contributed by atoms with van der Waals surface area (Å²) in [5.41, 5.74) is 16.7. The lowest BCUT2D eigenvalue weighted by Crippen LogP contribution is -2.11. The highest BCUT2D eigenvalue weighted by atomic mass is 16.3. The van der Waals surface area contributed by atoms with Gasteiger partial charge in [-0.1, -0.05) is 188 Å². The first-order valence-electron chi connectivity index (χ1n) is 20.5. The maximum Gasteiger partial charge on any atom is 0.143 e. The van der Waals surface area contributed by atoms with Crippen LogP contribution in [0.15, 0.2) is 241 Å². The Labute approximate surface area is 349 Å². The van der Waals surface area contributed by atoms with E-state index in [2.05, 4.69) is 229 Å². The van der Waals surface area contributed by atoms with Crippen LogP contribution in [0.3, 0.4) is 0 Å². The van der Waals surface area contributed by atoms with Crippen LogP contribution in [0.1, 0.15) is 0 Å². The van der Waals surface area contributed by atoms with E-state index in [1.807, 2.05) is 12.1 Å². The Morgan fingerprint density at radius 3 is 1.45 bits per heavy atom. The molecule has 0 bridgehead atoms. The van der Waals surface area contributed by atoms with E-state index in [1.165, 1.54) is 49.7 Å². The third-order valence-electron chi connectivity index (χ3n) is 11.7. The minimum absolute atomic E-state index is 0.901. The summed E-state index contributed by atoms with van der Waals surface area (Å²) in [5.74, 6) is 0. The van der Waals surface area contributed by atoms with E-state index in [9.17, 15) is 0 Å². The minimum atomic E-state index is 0.901. The van der Waals surface area contributed by atoms with Crippen molar-refractivity contribution in [1.29, 1.82) is 0 Å². The third-order valence-corrected chi connectivity index (χ3v) is 11.7. The van der Waals surface area contributed by atoms with E-state index in [4.69, 9.17) is 4.42 Å². The van der Waals surface area contributed by atoms with Gasteiger partial charge in [0.25, 0.3) is 0 Å². The second-order valence-electron chi connectivity index (χ2n) is 15.2. The predicted molar refractivity (Wildman–Crippen MR) is 253 cm³/mol. The first-order chi connectivity index (χ1) is 29.8. The predicted octanol–water partition coefficient (Wildman–Crippen LogP) is 16.5. The summed E-state index contributed by atoms with van der Waals surface area (Å²) < 4.78 is 6.47. The molecule has 0 aliphatic rings. The highest BCUT2D eigenvalue weighted by molar-refractivity contribution is 6.10. The van der Waals surface area contributed by atoms with Gasteiger partial charge in [-0.3, -0.25) is 0 Å². The van der Waals surface area contributed by atoms with Gasteiger partial charge in [0.05, 0.1) is 5.69 Å². The van der Waals surface area contributed by atoms with Gasteiger partial charge in [-0.2, -0.15) is 0 Å². The maximum absolute atomic E-state index is 6.47. The first kappa shape index (κ1) is 35.2. The highest BCUT2D eigenvalue weighted by Crippen LogP contribution is 2.47. The van der Waals surface area contributed by atoms with E-state index < -0.39 is 0 Å². The Balaban J connectivity index is 1.10. The number of fused-ring (bicyclic) bond motifs is 4. The zero-order valence-electron chi connectivity index (χ0n) is 32.9. The van der Waals surface area contributed by atoms with Gasteiger partial charge in [0.1, 0.15) is 11.2 Å². The van der Waals surface area contributed by atoms with Crippen molar-refractivity contribution in [2.24, 2.45) is 0 Å². The number of rotatable bonds is 8. The lowest BCUT2D eigenvalue weighted by atomic mass is 9.87. The number of hydrogen-bond donors (Lipinski definition) is 0. The van der Waals surface area contributed by atoms with Crippen molar-refractivity contribution in [3.05, 3.63) is 237 Å². The molecule has 0 fully saturated rings. The summed E-state index contributed by atoms with van der Waals surface area (Å²) in [6.07, 6.45) is 0. The van der Waals surface area contributed by atoms with Crippen LogP contribution in [0.5, 0.6) is 0 Å². The van der Waals surface area contributed by atoms with Crippen molar-refractivity contribution in [1.82, 2.24) is 0 Å². The number of hydrogen-bond acceptors (Lipinski definition) is 2. The average Bonchev–Trinajstić information content (AvgIpc) is 3.72. The Kier molecular flexibility index (Phi) is 8.87. The molecule has 1 aromatic heterocycles. The van der Waals surface area contributed by atoms with Crippen molar-refractivity contribution in [2.45, 2.75) is 0 Å². The largest absolute Gasteiger partial charge is 0.455 e. The van der Waals surface area contributed by atoms with Crippen LogP contribution >= 0.6 is 0 Å². The van der Waals surface area contributed by atoms with Crippen molar-refractivity contribution < 1.29 is 4.42 Å². The van der Waals surface area contributed by atoms with E-state index in [0.717, 1.165) is 55.7 Å². The molecule has 2 nitrogen and oxygen atoms in total. The molecular weight excluding hydrogens is 727 g/mol. The van der Waals surface area contributed by atoms with Crippen molar-refractivity contribution >= 4 is 49.8 Å². The normalized spacial score (nSPS) is 11.3. The van der Waals surface area contributed by atoms with Crippen molar-refractivity contribution in [3.63, 3.8) is 0 Å². The van der Waals surface area contributed by atoms with Crippen LogP contribution in [-0.4, -0.2) is 0 Å². The minimum Gasteiger partial charge on any atom is -0.455 e. The van der Waals surface area contributed by atoms with Crippen LogP contribution < -0.4 is 4.90 Å². The molecule has 282 valence electrons. The quantitative estimate of drug-likeness (QED) is 0.153. The fourth-order valence-corrected chi connectivity index (χ4v) is 8.80. The molecule has 11 rings (SSSR count). The van der Waals surface area contributed by atoms with Gasteiger partial charge in [0, 0.05) is 33.3 Å². The monoisotopic (exact) mass is 765 g/mol. The summed E-state index contributed by atoms with van der Waals surface area (Å²) in [4.78, 5) is 2.40. The van der Waals surface area contributed by atoms with Gasteiger partial charge >= 0.3 is 0 Å². The topological polar surface area (TPSA) is 16.4 Å². The molecule has 60 heavy (non-hydrogen) atoms. The Morgan fingerprint density at radius 1 is 0.283 bits per heavy atom. The lowest BCUT2D eigenvalue weighted by molar-refractivity contribution is 0.670. The summed E-state index contributed by atoms with van der Waals surface area (Å²) in [6.45, 7) is 0. The van der Waals surface area contributed by atoms with E-state index in [1.54, 1.807) is 0 Å². The lowest BCUT2D eigenvalue weighted by Gasteiger charge is -2.29. The van der Waals surface area contributed by atoms with Crippen LogP contribution in [0.2, 0.25) is 0 Å². The molecule has 0 radical (unpaired) electrons. The number of anilines is 3. The number of benzene rings is 10. The van der Waals surface area contributed by atoms with Crippen LogP contribution in [0.4, 0.5) is 17.1 Å². The maximum atomic E-state index is 6.47. The molecule has 11 aromatic rings. The summed E-state index contributed by atoms with van der Waals surface area (Å²) in [7, 11) is 0. The smallest absolute Gasteiger partial charge is 0.143 e. The molecule has 0 N–H and O–H groups in total. The van der Waals surface area contributed by atoms with E-state index in [-0.39, 0.29) is 0 Å². The summed E-state index contributed by atoms with van der Waals surface area (Å²) in [6, 6.07) is 85.0.